The van der Waals surface area contributed by atoms with Crippen molar-refractivity contribution in [2.45, 2.75) is 20.5 Å². The van der Waals surface area contributed by atoms with Crippen LogP contribution >= 0.6 is 15.9 Å². The summed E-state index contributed by atoms with van der Waals surface area (Å²) in [6.07, 6.45) is 1.67. The zero-order chi connectivity index (χ0) is 19.4. The van der Waals surface area contributed by atoms with Crippen LogP contribution in [0, 0.1) is 5.82 Å². The van der Waals surface area contributed by atoms with Crippen LogP contribution in [0.15, 0.2) is 51.6 Å². The first-order valence-electron chi connectivity index (χ1n) is 8.30. The Balaban J connectivity index is 1.91. The molecule has 0 saturated carbocycles. The molecule has 0 aliphatic carbocycles. The molecule has 3 rings (SSSR count). The normalized spacial score (nSPS) is 14.9. The number of carbonyl (C=O) groups is 1. The van der Waals surface area contributed by atoms with E-state index in [0.717, 1.165) is 0 Å². The number of hydrogen-bond donors (Lipinski definition) is 0. The molecule has 2 aromatic rings. The first-order chi connectivity index (χ1) is 13.0. The maximum absolute atomic E-state index is 13.8. The zero-order valence-corrected chi connectivity index (χ0v) is 16.4. The molecular weight excluding hydrogens is 417 g/mol. The minimum atomic E-state index is -0.499. The average molecular weight is 434 g/mol. The second-order valence-electron chi connectivity index (χ2n) is 5.76. The topological polar surface area (TPSA) is 57.1 Å². The summed E-state index contributed by atoms with van der Waals surface area (Å²) in [5, 5.41) is 3.66. The van der Waals surface area contributed by atoms with Gasteiger partial charge in [0.05, 0.1) is 22.4 Å². The molecule has 0 fully saturated rings. The minimum absolute atomic E-state index is 0.0594. The van der Waals surface area contributed by atoms with E-state index in [2.05, 4.69) is 25.9 Å². The molecule has 7 heteroatoms. The Morgan fingerprint density at radius 1 is 1.26 bits per heavy atom. The van der Waals surface area contributed by atoms with Crippen molar-refractivity contribution in [1.82, 2.24) is 0 Å². The summed E-state index contributed by atoms with van der Waals surface area (Å²) < 4.78 is 25.9. The molecule has 27 heavy (non-hydrogen) atoms. The van der Waals surface area contributed by atoms with Crippen molar-refractivity contribution in [3.8, 4) is 11.5 Å². The highest BCUT2D eigenvalue weighted by Gasteiger charge is 2.22. The van der Waals surface area contributed by atoms with Gasteiger partial charge in [0.2, 0.25) is 0 Å². The molecule has 0 saturated heterocycles. The van der Waals surface area contributed by atoms with Crippen molar-refractivity contribution in [2.75, 3.05) is 6.61 Å². The monoisotopic (exact) mass is 433 g/mol. The number of carbonyl (C=O) groups excluding carboxylic acids is 1. The summed E-state index contributed by atoms with van der Waals surface area (Å²) in [5.74, 6) is 0.113. The lowest BCUT2D eigenvalue weighted by molar-refractivity contribution is -0.136. The molecule has 1 aliphatic rings. The van der Waals surface area contributed by atoms with E-state index in [4.69, 9.17) is 9.47 Å². The van der Waals surface area contributed by atoms with Crippen LogP contribution in [0.2, 0.25) is 0 Å². The Morgan fingerprint density at radius 2 is 2.04 bits per heavy atom. The van der Waals surface area contributed by atoms with Gasteiger partial charge >= 0.3 is 5.97 Å². The van der Waals surface area contributed by atoms with Gasteiger partial charge < -0.3 is 14.3 Å². The number of ether oxygens (including phenoxy) is 2. The van der Waals surface area contributed by atoms with Gasteiger partial charge in [-0.3, -0.25) is 0 Å². The third kappa shape index (κ3) is 4.36. The highest BCUT2D eigenvalue weighted by molar-refractivity contribution is 9.10. The summed E-state index contributed by atoms with van der Waals surface area (Å²) >= 11 is 3.47. The predicted octanol–water partition coefficient (Wildman–Crippen LogP) is 4.88. The van der Waals surface area contributed by atoms with E-state index in [1.807, 2.05) is 6.92 Å². The van der Waals surface area contributed by atoms with E-state index in [1.54, 1.807) is 43.3 Å². The first-order valence-corrected chi connectivity index (χ1v) is 9.09. The SMILES string of the molecule is CCOc1cc(/C=C2\C(=O)ON=C2C)cc(Br)c1OCc1ccccc1F. The standard InChI is InChI=1S/C20H17BrFNO4/c1-3-25-18-10-13(8-15-12(2)23-27-20(15)24)9-16(21)19(18)26-11-14-6-4-5-7-17(14)22/h4-10H,3,11H2,1-2H3/b15-8-. The second kappa shape index (κ2) is 8.35. The molecule has 0 bridgehead atoms. The van der Waals surface area contributed by atoms with Gasteiger partial charge in [0.15, 0.2) is 11.5 Å². The number of halogens is 2. The summed E-state index contributed by atoms with van der Waals surface area (Å²) in [6, 6.07) is 9.96. The van der Waals surface area contributed by atoms with Crippen molar-refractivity contribution < 1.29 is 23.5 Å². The largest absolute Gasteiger partial charge is 0.490 e. The van der Waals surface area contributed by atoms with Crippen LogP contribution < -0.4 is 9.47 Å². The fourth-order valence-electron chi connectivity index (χ4n) is 2.53. The average Bonchev–Trinajstić information content (AvgIpc) is 2.95. The number of oxime groups is 1. The Labute approximate surface area is 164 Å². The fourth-order valence-corrected chi connectivity index (χ4v) is 3.10. The lowest BCUT2D eigenvalue weighted by Gasteiger charge is -2.15. The molecule has 0 unspecified atom stereocenters. The smallest absolute Gasteiger partial charge is 0.367 e. The van der Waals surface area contributed by atoms with Crippen molar-refractivity contribution in [2.24, 2.45) is 5.16 Å². The van der Waals surface area contributed by atoms with Crippen molar-refractivity contribution in [3.63, 3.8) is 0 Å². The van der Waals surface area contributed by atoms with E-state index in [0.29, 0.717) is 45.0 Å². The van der Waals surface area contributed by atoms with Crippen LogP contribution in [0.1, 0.15) is 25.0 Å². The van der Waals surface area contributed by atoms with Gasteiger partial charge in [-0.05, 0) is 59.6 Å². The molecule has 0 amide bonds. The molecule has 0 atom stereocenters. The predicted molar refractivity (Wildman–Crippen MR) is 103 cm³/mol. The molecule has 140 valence electrons. The van der Waals surface area contributed by atoms with Gasteiger partial charge in [0.25, 0.3) is 0 Å². The van der Waals surface area contributed by atoms with Crippen molar-refractivity contribution in [3.05, 3.63) is 63.4 Å². The lowest BCUT2D eigenvalue weighted by Crippen LogP contribution is -2.04. The molecule has 0 N–H and O–H groups in total. The molecule has 5 nitrogen and oxygen atoms in total. The van der Waals surface area contributed by atoms with Gasteiger partial charge in [0.1, 0.15) is 12.4 Å². The maximum atomic E-state index is 13.8. The fraction of sp³-hybridized carbons (Fsp3) is 0.200. The number of hydrogen-bond acceptors (Lipinski definition) is 5. The third-order valence-electron chi connectivity index (χ3n) is 3.85. The maximum Gasteiger partial charge on any atom is 0.367 e. The van der Waals surface area contributed by atoms with Gasteiger partial charge in [0, 0.05) is 5.56 Å². The van der Waals surface area contributed by atoms with E-state index in [1.165, 1.54) is 6.07 Å². The van der Waals surface area contributed by atoms with Crippen LogP contribution in [0.25, 0.3) is 6.08 Å². The Hall–Kier alpha value is -2.67. The van der Waals surface area contributed by atoms with E-state index >= 15 is 0 Å². The van der Waals surface area contributed by atoms with Crippen LogP contribution in [0.4, 0.5) is 4.39 Å². The minimum Gasteiger partial charge on any atom is -0.490 e. The second-order valence-corrected chi connectivity index (χ2v) is 6.61. The molecule has 0 aromatic heterocycles. The van der Waals surface area contributed by atoms with Crippen LogP contribution in [0.5, 0.6) is 11.5 Å². The number of rotatable bonds is 6. The highest BCUT2D eigenvalue weighted by Crippen LogP contribution is 2.38. The third-order valence-corrected chi connectivity index (χ3v) is 4.44. The summed E-state index contributed by atoms with van der Waals surface area (Å²) in [6.45, 7) is 4.03. The van der Waals surface area contributed by atoms with Gasteiger partial charge in [-0.15, -0.1) is 0 Å². The van der Waals surface area contributed by atoms with Crippen LogP contribution in [0.3, 0.4) is 0 Å². The van der Waals surface area contributed by atoms with E-state index in [9.17, 15) is 9.18 Å². The Kier molecular flexibility index (Phi) is 5.91. The van der Waals surface area contributed by atoms with E-state index < -0.39 is 5.97 Å². The quantitative estimate of drug-likeness (QED) is 0.480. The van der Waals surface area contributed by atoms with Crippen LogP contribution in [-0.2, 0) is 16.2 Å². The van der Waals surface area contributed by atoms with Crippen LogP contribution in [-0.4, -0.2) is 18.3 Å². The van der Waals surface area contributed by atoms with Gasteiger partial charge in [-0.2, -0.15) is 0 Å². The molecule has 1 aliphatic heterocycles. The van der Waals surface area contributed by atoms with Crippen molar-refractivity contribution >= 4 is 33.7 Å². The van der Waals surface area contributed by atoms with E-state index in [-0.39, 0.29) is 12.4 Å². The molecule has 1 heterocycles. The molecule has 0 spiro atoms. The van der Waals surface area contributed by atoms with Gasteiger partial charge in [-0.1, -0.05) is 23.4 Å². The van der Waals surface area contributed by atoms with Crippen molar-refractivity contribution in [1.29, 1.82) is 0 Å². The Bertz CT molecular complexity index is 940. The number of nitrogens with zero attached hydrogens (tertiary/aromatic N) is 1. The molecule has 0 radical (unpaired) electrons. The summed E-state index contributed by atoms with van der Waals surface area (Å²) in [5.41, 5.74) is 2.05. The number of benzene rings is 2. The lowest BCUT2D eigenvalue weighted by atomic mass is 10.1. The highest BCUT2D eigenvalue weighted by atomic mass is 79.9. The summed E-state index contributed by atoms with van der Waals surface area (Å²) in [4.78, 5) is 16.4. The zero-order valence-electron chi connectivity index (χ0n) is 14.8. The molecule has 2 aromatic carbocycles. The van der Waals surface area contributed by atoms with Gasteiger partial charge in [-0.25, -0.2) is 9.18 Å². The summed E-state index contributed by atoms with van der Waals surface area (Å²) in [7, 11) is 0. The first kappa shape index (κ1) is 19.1. The molecular formula is C20H17BrFNO4. The Morgan fingerprint density at radius 3 is 2.70 bits per heavy atom.